The van der Waals surface area contributed by atoms with Crippen molar-refractivity contribution in [1.82, 2.24) is 4.90 Å². The van der Waals surface area contributed by atoms with Gasteiger partial charge in [-0.05, 0) is 81.4 Å². The number of thiophene rings is 1. The SMILES string of the molecule is CCN(C)C(CC(=O)OC(C)(C)C)C(=O)N1CCc2cc(OCc3cc(-c4ccccc4)c(C(F)(F)I)[sH+]3)ccc21. The number of rotatable bonds is 10. The smallest absolute Gasteiger partial charge is 0.367 e. The highest BCUT2D eigenvalue weighted by Gasteiger charge is 2.39. The van der Waals surface area contributed by atoms with Crippen molar-refractivity contribution in [3.63, 3.8) is 0 Å². The van der Waals surface area contributed by atoms with E-state index in [1.54, 1.807) is 37.8 Å². The number of alkyl halides is 3. The highest BCUT2D eigenvalue weighted by Crippen LogP contribution is 2.46. The lowest BCUT2D eigenvalue weighted by Gasteiger charge is -2.30. The van der Waals surface area contributed by atoms with E-state index in [9.17, 15) is 18.4 Å². The Morgan fingerprint density at radius 1 is 1.12 bits per heavy atom. The summed E-state index contributed by atoms with van der Waals surface area (Å²) in [5, 5.41) is 0. The Kier molecular flexibility index (Phi) is 9.75. The van der Waals surface area contributed by atoms with Gasteiger partial charge in [0.1, 0.15) is 11.4 Å². The molecule has 1 aromatic heterocycles. The lowest BCUT2D eigenvalue weighted by atomic mass is 10.1. The van der Waals surface area contributed by atoms with Crippen molar-refractivity contribution >= 4 is 51.5 Å². The van der Waals surface area contributed by atoms with Crippen LogP contribution in [0.1, 0.15) is 49.4 Å². The van der Waals surface area contributed by atoms with E-state index in [1.807, 2.05) is 61.3 Å². The molecule has 0 saturated heterocycles. The second kappa shape index (κ2) is 12.7. The van der Waals surface area contributed by atoms with Gasteiger partial charge in [-0.2, -0.15) is 8.78 Å². The summed E-state index contributed by atoms with van der Waals surface area (Å²) < 4.78 is 37.4. The molecule has 1 atom stereocenters. The molecule has 1 amide bonds. The fraction of sp³-hybridized carbons (Fsp3) is 0.419. The molecule has 0 bridgehead atoms. The topological polar surface area (TPSA) is 59.1 Å². The van der Waals surface area contributed by atoms with Gasteiger partial charge in [-0.15, -0.1) is 0 Å². The number of hydrogen-bond acceptors (Lipinski definition) is 5. The van der Waals surface area contributed by atoms with E-state index in [0.29, 0.717) is 42.2 Å². The molecule has 0 spiro atoms. The fourth-order valence-corrected chi connectivity index (χ4v) is 6.53. The molecule has 1 aliphatic rings. The van der Waals surface area contributed by atoms with Crippen LogP contribution >= 0.6 is 33.9 Å². The molecule has 41 heavy (non-hydrogen) atoms. The average Bonchev–Trinajstić information content (AvgIpc) is 3.54. The Bertz CT molecular complexity index is 1380. The molecule has 2 aromatic carbocycles. The van der Waals surface area contributed by atoms with Crippen LogP contribution < -0.4 is 9.64 Å². The van der Waals surface area contributed by atoms with Crippen molar-refractivity contribution in [2.24, 2.45) is 0 Å². The van der Waals surface area contributed by atoms with Crippen LogP contribution in [0.25, 0.3) is 11.1 Å². The predicted octanol–water partition coefficient (Wildman–Crippen LogP) is 7.15. The monoisotopic (exact) mass is 697 g/mol. The van der Waals surface area contributed by atoms with Crippen LogP contribution in [-0.4, -0.2) is 48.6 Å². The summed E-state index contributed by atoms with van der Waals surface area (Å²) in [6.07, 6.45) is 0.623. The fourth-order valence-electron chi connectivity index (χ4n) is 4.83. The first-order valence-corrected chi connectivity index (χ1v) is 15.5. The molecule has 1 unspecified atom stereocenters. The number of carbonyl (C=O) groups is 2. The van der Waals surface area contributed by atoms with Gasteiger partial charge >= 0.3 is 9.90 Å². The van der Waals surface area contributed by atoms with Crippen LogP contribution in [0, 0.1) is 0 Å². The minimum absolute atomic E-state index is 0.0287. The van der Waals surface area contributed by atoms with E-state index in [0.717, 1.165) is 21.7 Å². The zero-order chi connectivity index (χ0) is 29.9. The van der Waals surface area contributed by atoms with Gasteiger partial charge in [0.15, 0.2) is 11.5 Å². The summed E-state index contributed by atoms with van der Waals surface area (Å²) in [4.78, 5) is 30.6. The predicted molar refractivity (Wildman–Crippen MR) is 168 cm³/mol. The Morgan fingerprint density at radius 3 is 2.46 bits per heavy atom. The number of esters is 1. The second-order valence-corrected chi connectivity index (χ2v) is 13.7. The van der Waals surface area contributed by atoms with Crippen LogP contribution in [0.15, 0.2) is 54.6 Å². The van der Waals surface area contributed by atoms with Gasteiger partial charge in [0.2, 0.25) is 10.8 Å². The third-order valence-electron chi connectivity index (χ3n) is 6.87. The van der Waals surface area contributed by atoms with E-state index < -0.39 is 21.5 Å². The zero-order valence-corrected chi connectivity index (χ0v) is 27.0. The van der Waals surface area contributed by atoms with E-state index >= 15 is 0 Å². The van der Waals surface area contributed by atoms with E-state index in [2.05, 4.69) is 0 Å². The first kappa shape index (κ1) is 31.4. The van der Waals surface area contributed by atoms with Crippen molar-refractivity contribution in [2.75, 3.05) is 25.0 Å². The summed E-state index contributed by atoms with van der Waals surface area (Å²) in [6.45, 7) is 8.64. The maximum absolute atomic E-state index is 14.4. The largest absolute Gasteiger partial charge is 0.484 e. The minimum atomic E-state index is -2.97. The van der Waals surface area contributed by atoms with Crippen molar-refractivity contribution in [1.29, 1.82) is 0 Å². The number of likely N-dealkylation sites (N-methyl/N-ethyl adjacent to an activating group) is 1. The van der Waals surface area contributed by atoms with Crippen LogP contribution in [-0.2, 0) is 31.3 Å². The van der Waals surface area contributed by atoms with Gasteiger partial charge in [-0.1, -0.05) is 37.3 Å². The molecular weight excluding hydrogens is 661 g/mol. The Balaban J connectivity index is 1.48. The van der Waals surface area contributed by atoms with E-state index in [-0.39, 0.29) is 23.8 Å². The lowest BCUT2D eigenvalue weighted by Crippen LogP contribution is -2.48. The van der Waals surface area contributed by atoms with Gasteiger partial charge in [0.05, 0.1) is 12.5 Å². The number of benzene rings is 2. The number of nitrogens with zero attached hydrogens (tertiary/aromatic N) is 2. The third kappa shape index (κ3) is 7.84. The highest BCUT2D eigenvalue weighted by atomic mass is 127. The van der Waals surface area contributed by atoms with Crippen LogP contribution in [0.4, 0.5) is 14.5 Å². The van der Waals surface area contributed by atoms with Crippen LogP contribution in [0.3, 0.4) is 0 Å². The molecule has 10 heteroatoms. The third-order valence-corrected chi connectivity index (χ3v) is 9.13. The average molecular weight is 698 g/mol. The number of amides is 1. The second-order valence-electron chi connectivity index (χ2n) is 11.1. The van der Waals surface area contributed by atoms with Gasteiger partial charge in [0, 0.05) is 46.5 Å². The molecule has 0 aliphatic carbocycles. The van der Waals surface area contributed by atoms with Gasteiger partial charge in [0.25, 0.3) is 0 Å². The molecule has 0 N–H and O–H groups in total. The summed E-state index contributed by atoms with van der Waals surface area (Å²) >= 11 is 1.64. The van der Waals surface area contributed by atoms with Crippen molar-refractivity contribution in [3.8, 4) is 16.9 Å². The Morgan fingerprint density at radius 2 is 1.83 bits per heavy atom. The van der Waals surface area contributed by atoms with E-state index in [4.69, 9.17) is 9.47 Å². The molecule has 0 fully saturated rings. The summed E-state index contributed by atoms with van der Waals surface area (Å²) in [7, 11) is 1.83. The van der Waals surface area contributed by atoms with Gasteiger partial charge in [-0.3, -0.25) is 14.5 Å². The summed E-state index contributed by atoms with van der Waals surface area (Å²) in [5.41, 5.74) is 2.41. The normalized spacial score (nSPS) is 14.2. The van der Waals surface area contributed by atoms with Crippen LogP contribution in [0.2, 0.25) is 0 Å². The summed E-state index contributed by atoms with van der Waals surface area (Å²) in [6, 6.07) is 15.9. The molecule has 220 valence electrons. The Hall–Kier alpha value is -2.57. The zero-order valence-electron chi connectivity index (χ0n) is 23.9. The molecular formula is C31H36F2IN2O4S+. The van der Waals surface area contributed by atoms with Crippen molar-refractivity contribution in [3.05, 3.63) is 69.9 Å². The number of anilines is 1. The molecule has 0 saturated carbocycles. The first-order chi connectivity index (χ1) is 19.3. The number of halogens is 3. The highest BCUT2D eigenvalue weighted by molar-refractivity contribution is 14.1. The van der Waals surface area contributed by atoms with Gasteiger partial charge in [-0.25, -0.2) is 0 Å². The maximum atomic E-state index is 14.4. The maximum Gasteiger partial charge on any atom is 0.367 e. The number of hydrogen-bond donors (Lipinski definition) is 0. The first-order valence-electron chi connectivity index (χ1n) is 13.5. The molecule has 0 radical (unpaired) electrons. The van der Waals surface area contributed by atoms with E-state index in [1.165, 1.54) is 22.6 Å². The quantitative estimate of drug-likeness (QED) is 0.0976. The molecule has 3 aromatic rings. The number of fused-ring (bicyclic) bond motifs is 1. The lowest BCUT2D eigenvalue weighted by molar-refractivity contribution is -0.157. The standard InChI is InChI=1S/C31H35F2IN2O4S/c1-6-35(5)26(18-27(37)40-30(2,3)4)29(38)36-15-14-21-16-22(12-13-25(21)36)39-19-23-17-24(20-10-8-7-9-11-20)28(41-23)31(32,33)34/h7-13,16-17,26H,6,14-15,18-19H2,1-5H3/p+1. The van der Waals surface area contributed by atoms with Crippen molar-refractivity contribution in [2.45, 2.75) is 62.7 Å². The molecule has 4 rings (SSSR count). The molecule has 2 heterocycles. The van der Waals surface area contributed by atoms with Crippen LogP contribution in [0.5, 0.6) is 5.75 Å². The molecule has 6 nitrogen and oxygen atoms in total. The molecule has 1 aliphatic heterocycles. The Labute approximate surface area is 257 Å². The van der Waals surface area contributed by atoms with Crippen molar-refractivity contribution < 1.29 is 27.8 Å². The number of carbonyl (C=O) groups excluding carboxylic acids is 2. The minimum Gasteiger partial charge on any atom is -0.484 e. The van der Waals surface area contributed by atoms with Gasteiger partial charge < -0.3 is 14.4 Å². The number of ether oxygens (including phenoxy) is 2. The summed E-state index contributed by atoms with van der Waals surface area (Å²) in [5.74, 6) is 0.0589.